The zero-order valence-corrected chi connectivity index (χ0v) is 10.8. The van der Waals surface area contributed by atoms with Crippen molar-refractivity contribution in [1.29, 1.82) is 5.26 Å². The molecular weight excluding hydrogens is 230 g/mol. The van der Waals surface area contributed by atoms with Gasteiger partial charge in [0.05, 0.1) is 16.2 Å². The Morgan fingerprint density at radius 3 is 2.67 bits per heavy atom. The molecule has 0 aliphatic rings. The molecule has 0 aliphatic heterocycles. The van der Waals surface area contributed by atoms with E-state index in [9.17, 15) is 10.1 Å². The number of anilines is 1. The fraction of sp³-hybridized carbons (Fsp3) is 0.462. The zero-order chi connectivity index (χ0) is 13.7. The second-order valence-corrected chi connectivity index (χ2v) is 4.42. The highest BCUT2D eigenvalue weighted by molar-refractivity contribution is 5.61. The highest BCUT2D eigenvalue weighted by Crippen LogP contribution is 2.23. The van der Waals surface area contributed by atoms with Crippen molar-refractivity contribution in [2.24, 2.45) is 5.92 Å². The van der Waals surface area contributed by atoms with E-state index in [-0.39, 0.29) is 11.7 Å². The molecule has 0 bridgehead atoms. The third kappa shape index (κ3) is 3.20. The van der Waals surface area contributed by atoms with Crippen LogP contribution < -0.4 is 5.32 Å². The Morgan fingerprint density at radius 1 is 1.50 bits per heavy atom. The normalized spacial score (nSPS) is 13.4. The minimum Gasteiger partial charge on any atom is -0.381 e. The maximum Gasteiger partial charge on any atom is 0.270 e. The topological polar surface area (TPSA) is 79.0 Å². The first-order valence-corrected chi connectivity index (χ1v) is 5.94. The van der Waals surface area contributed by atoms with E-state index in [1.165, 1.54) is 12.1 Å². The van der Waals surface area contributed by atoms with Gasteiger partial charge in [-0.05, 0) is 18.9 Å². The quantitative estimate of drug-likeness (QED) is 0.639. The monoisotopic (exact) mass is 247 g/mol. The van der Waals surface area contributed by atoms with E-state index >= 15 is 0 Å². The highest BCUT2D eigenvalue weighted by Gasteiger charge is 2.14. The highest BCUT2D eigenvalue weighted by atomic mass is 16.6. The van der Waals surface area contributed by atoms with Crippen molar-refractivity contribution in [3.63, 3.8) is 0 Å². The number of nitrogens with one attached hydrogen (secondary N) is 1. The van der Waals surface area contributed by atoms with E-state index in [2.05, 4.69) is 19.2 Å². The van der Waals surface area contributed by atoms with Gasteiger partial charge < -0.3 is 5.32 Å². The average Bonchev–Trinajstić information content (AvgIpc) is 2.37. The van der Waals surface area contributed by atoms with Gasteiger partial charge in [-0.3, -0.25) is 10.1 Å². The van der Waals surface area contributed by atoms with E-state index < -0.39 is 4.92 Å². The maximum atomic E-state index is 10.6. The number of nitro benzene ring substituents is 1. The number of benzene rings is 1. The summed E-state index contributed by atoms with van der Waals surface area (Å²) in [4.78, 5) is 10.1. The minimum absolute atomic E-state index is 0.0618. The lowest BCUT2D eigenvalue weighted by molar-refractivity contribution is -0.384. The molecule has 1 N–H and O–H groups in total. The molecule has 0 saturated heterocycles. The largest absolute Gasteiger partial charge is 0.381 e. The van der Waals surface area contributed by atoms with Crippen LogP contribution >= 0.6 is 0 Å². The summed E-state index contributed by atoms with van der Waals surface area (Å²) in [6.45, 7) is 6.26. The Bertz CT molecular complexity index is 480. The van der Waals surface area contributed by atoms with Gasteiger partial charge in [-0.1, -0.05) is 20.3 Å². The first-order chi connectivity index (χ1) is 8.49. The molecule has 1 rings (SSSR count). The van der Waals surface area contributed by atoms with Gasteiger partial charge in [0.2, 0.25) is 0 Å². The predicted octanol–water partition coefficient (Wildman–Crippen LogP) is 3.31. The summed E-state index contributed by atoms with van der Waals surface area (Å²) in [5.41, 5.74) is 0.892. The molecule has 5 nitrogen and oxygen atoms in total. The fourth-order valence-electron chi connectivity index (χ4n) is 1.61. The van der Waals surface area contributed by atoms with Crippen LogP contribution in [-0.2, 0) is 0 Å². The first kappa shape index (κ1) is 14.0. The Hall–Kier alpha value is -2.09. The summed E-state index contributed by atoms with van der Waals surface area (Å²) in [7, 11) is 0. The fourth-order valence-corrected chi connectivity index (χ4v) is 1.61. The molecule has 0 aliphatic carbocycles. The van der Waals surface area contributed by atoms with Crippen LogP contribution in [0.15, 0.2) is 18.2 Å². The van der Waals surface area contributed by atoms with Gasteiger partial charge in [-0.15, -0.1) is 0 Å². The number of hydrogen-bond donors (Lipinski definition) is 1. The third-order valence-corrected chi connectivity index (χ3v) is 3.22. The van der Waals surface area contributed by atoms with Crippen molar-refractivity contribution in [1.82, 2.24) is 0 Å². The van der Waals surface area contributed by atoms with Crippen LogP contribution in [0.5, 0.6) is 0 Å². The van der Waals surface area contributed by atoms with Crippen LogP contribution in [0, 0.1) is 27.4 Å². The van der Waals surface area contributed by atoms with Crippen LogP contribution in [0.1, 0.15) is 32.8 Å². The van der Waals surface area contributed by atoms with Crippen molar-refractivity contribution in [3.05, 3.63) is 33.9 Å². The molecule has 1 aromatic carbocycles. The lowest BCUT2D eigenvalue weighted by Crippen LogP contribution is -2.23. The lowest BCUT2D eigenvalue weighted by Gasteiger charge is -2.21. The molecule has 0 amide bonds. The molecule has 0 radical (unpaired) electrons. The predicted molar refractivity (Wildman–Crippen MR) is 70.4 cm³/mol. The smallest absolute Gasteiger partial charge is 0.270 e. The average molecular weight is 247 g/mol. The molecule has 0 saturated carbocycles. The van der Waals surface area contributed by atoms with E-state index in [1.54, 1.807) is 6.07 Å². The van der Waals surface area contributed by atoms with Gasteiger partial charge in [-0.2, -0.15) is 5.26 Å². The Morgan fingerprint density at radius 2 is 2.17 bits per heavy atom. The summed E-state index contributed by atoms with van der Waals surface area (Å²) >= 11 is 0. The molecule has 18 heavy (non-hydrogen) atoms. The van der Waals surface area contributed by atoms with Gasteiger partial charge in [0.1, 0.15) is 6.07 Å². The lowest BCUT2D eigenvalue weighted by atomic mass is 10.00. The number of hydrogen-bond acceptors (Lipinski definition) is 4. The summed E-state index contributed by atoms with van der Waals surface area (Å²) in [6, 6.07) is 6.50. The van der Waals surface area contributed by atoms with Gasteiger partial charge in [0.15, 0.2) is 0 Å². The van der Waals surface area contributed by atoms with Crippen LogP contribution in [0.25, 0.3) is 0 Å². The van der Waals surface area contributed by atoms with Gasteiger partial charge in [0, 0.05) is 18.2 Å². The number of nitro groups is 1. The molecule has 96 valence electrons. The molecule has 2 atom stereocenters. The maximum absolute atomic E-state index is 10.6. The Kier molecular flexibility index (Phi) is 4.67. The molecule has 5 heteroatoms. The van der Waals surface area contributed by atoms with E-state index in [1.807, 2.05) is 13.0 Å². The number of rotatable bonds is 5. The number of nitrogens with zero attached hydrogens (tertiary/aromatic N) is 2. The molecule has 1 aromatic rings. The molecule has 0 aromatic heterocycles. The van der Waals surface area contributed by atoms with Crippen LogP contribution in [0.3, 0.4) is 0 Å². The van der Waals surface area contributed by atoms with Crippen LogP contribution in [0.2, 0.25) is 0 Å². The van der Waals surface area contributed by atoms with Crippen LogP contribution in [-0.4, -0.2) is 11.0 Å². The van der Waals surface area contributed by atoms with Gasteiger partial charge in [0.25, 0.3) is 5.69 Å². The summed E-state index contributed by atoms with van der Waals surface area (Å²) in [5.74, 6) is 0.465. The zero-order valence-electron chi connectivity index (χ0n) is 10.8. The first-order valence-electron chi connectivity index (χ1n) is 5.94. The van der Waals surface area contributed by atoms with Crippen LogP contribution in [0.4, 0.5) is 11.4 Å². The SMILES string of the molecule is CCC(C)C(C)Nc1ccc([N+](=O)[O-])cc1C#N. The molecule has 0 heterocycles. The van der Waals surface area contributed by atoms with Crippen molar-refractivity contribution < 1.29 is 4.92 Å². The second kappa shape index (κ2) is 6.01. The number of non-ortho nitro benzene ring substituents is 1. The minimum atomic E-state index is -0.497. The summed E-state index contributed by atoms with van der Waals surface area (Å²) in [5, 5.41) is 22.9. The van der Waals surface area contributed by atoms with E-state index in [0.717, 1.165) is 6.42 Å². The Labute approximate surface area is 107 Å². The molecule has 0 fully saturated rings. The van der Waals surface area contributed by atoms with E-state index in [4.69, 9.17) is 5.26 Å². The van der Waals surface area contributed by atoms with Crippen molar-refractivity contribution in [2.45, 2.75) is 33.2 Å². The summed E-state index contributed by atoms with van der Waals surface area (Å²) < 4.78 is 0. The molecule has 2 unspecified atom stereocenters. The van der Waals surface area contributed by atoms with Crippen molar-refractivity contribution in [2.75, 3.05) is 5.32 Å². The third-order valence-electron chi connectivity index (χ3n) is 3.22. The number of nitriles is 1. The van der Waals surface area contributed by atoms with E-state index in [0.29, 0.717) is 17.2 Å². The van der Waals surface area contributed by atoms with Crippen molar-refractivity contribution >= 4 is 11.4 Å². The van der Waals surface area contributed by atoms with Crippen molar-refractivity contribution in [3.8, 4) is 6.07 Å². The molecule has 0 spiro atoms. The Balaban J connectivity index is 2.97. The molecular formula is C13H17N3O2. The second-order valence-electron chi connectivity index (χ2n) is 4.42. The standard InChI is InChI=1S/C13H17N3O2/c1-4-9(2)10(3)15-13-6-5-12(16(17)18)7-11(13)8-14/h5-7,9-10,15H,4H2,1-3H3. The van der Waals surface area contributed by atoms with Gasteiger partial charge >= 0.3 is 0 Å². The summed E-state index contributed by atoms with van der Waals surface area (Å²) in [6.07, 6.45) is 1.03. The van der Waals surface area contributed by atoms with Gasteiger partial charge in [-0.25, -0.2) is 0 Å².